The molecule has 2 aromatic carbocycles. The molecule has 4 rings (SSSR count). The van der Waals surface area contributed by atoms with Crippen molar-refractivity contribution in [3.8, 4) is 16.3 Å². The molecule has 0 aliphatic carbocycles. The fourth-order valence-electron chi connectivity index (χ4n) is 3.08. The number of sulfonamides is 1. The first-order valence-electron chi connectivity index (χ1n) is 9.17. The molecule has 10 heteroatoms. The summed E-state index contributed by atoms with van der Waals surface area (Å²) >= 11 is 1.24. The average Bonchev–Trinajstić information content (AvgIpc) is 3.15. The summed E-state index contributed by atoms with van der Waals surface area (Å²) in [5, 5.41) is 11.8. The molecule has 0 spiro atoms. The number of hydrogen-bond donors (Lipinski definition) is 1. The van der Waals surface area contributed by atoms with Gasteiger partial charge in [0.1, 0.15) is 10.8 Å². The lowest BCUT2D eigenvalue weighted by molar-refractivity contribution is -0.122. The fraction of sp³-hybridized carbons (Fsp3) is 0.250. The molecule has 1 unspecified atom stereocenters. The smallest absolute Gasteiger partial charge is 0.269 e. The van der Waals surface area contributed by atoms with Crippen LogP contribution >= 0.6 is 11.3 Å². The predicted molar refractivity (Wildman–Crippen MR) is 116 cm³/mol. The van der Waals surface area contributed by atoms with Crippen molar-refractivity contribution in [2.45, 2.75) is 20.0 Å². The zero-order valence-corrected chi connectivity index (χ0v) is 18.3. The third kappa shape index (κ3) is 4.14. The fourth-order valence-corrected chi connectivity index (χ4v) is 4.74. The summed E-state index contributed by atoms with van der Waals surface area (Å²) < 4.78 is 31.6. The quantitative estimate of drug-likeness (QED) is 0.664. The Kier molecular flexibility index (Phi) is 5.20. The number of rotatable bonds is 4. The number of nitrogens with one attached hydrogen (secondary N) is 1. The molecule has 0 saturated heterocycles. The molecule has 1 amide bonds. The van der Waals surface area contributed by atoms with E-state index in [4.69, 9.17) is 4.74 Å². The van der Waals surface area contributed by atoms with Crippen molar-refractivity contribution >= 4 is 38.1 Å². The number of aryl methyl sites for hydroxylation is 2. The summed E-state index contributed by atoms with van der Waals surface area (Å²) in [4.78, 5) is 12.8. The van der Waals surface area contributed by atoms with E-state index in [-0.39, 0.29) is 6.54 Å². The van der Waals surface area contributed by atoms with E-state index in [1.165, 1.54) is 15.6 Å². The molecular formula is C20H20N4O4S2. The third-order valence-electron chi connectivity index (χ3n) is 4.63. The molecule has 1 N–H and O–H groups in total. The van der Waals surface area contributed by atoms with Crippen molar-refractivity contribution < 1.29 is 17.9 Å². The van der Waals surface area contributed by atoms with Crippen LogP contribution in [0.1, 0.15) is 11.1 Å². The molecule has 1 atom stereocenters. The molecule has 2 heterocycles. The first-order valence-corrected chi connectivity index (χ1v) is 11.8. The van der Waals surface area contributed by atoms with Gasteiger partial charge in [0.2, 0.25) is 15.2 Å². The molecule has 0 bridgehead atoms. The molecule has 3 aromatic rings. The normalized spacial score (nSPS) is 16.0. The summed E-state index contributed by atoms with van der Waals surface area (Å²) in [6.45, 7) is 3.74. The predicted octanol–water partition coefficient (Wildman–Crippen LogP) is 2.99. The number of amides is 1. The maximum Gasteiger partial charge on any atom is 0.269 e. The molecule has 1 aliphatic rings. The molecule has 0 radical (unpaired) electrons. The van der Waals surface area contributed by atoms with Crippen LogP contribution in [0.5, 0.6) is 5.75 Å². The van der Waals surface area contributed by atoms with E-state index in [1.807, 2.05) is 38.1 Å². The second-order valence-electron chi connectivity index (χ2n) is 7.14. The van der Waals surface area contributed by atoms with Crippen LogP contribution in [0.15, 0.2) is 42.5 Å². The van der Waals surface area contributed by atoms with Gasteiger partial charge in [0, 0.05) is 5.56 Å². The molecular weight excluding hydrogens is 424 g/mol. The average molecular weight is 445 g/mol. The van der Waals surface area contributed by atoms with Crippen LogP contribution < -0.4 is 14.4 Å². The molecule has 30 heavy (non-hydrogen) atoms. The Morgan fingerprint density at radius 2 is 1.83 bits per heavy atom. The van der Waals surface area contributed by atoms with Gasteiger partial charge in [-0.05, 0) is 31.5 Å². The number of carbonyl (C=O) groups excluding carboxylic acids is 1. The lowest BCUT2D eigenvalue weighted by Crippen LogP contribution is -2.48. The van der Waals surface area contributed by atoms with Gasteiger partial charge in [0.05, 0.1) is 18.5 Å². The monoisotopic (exact) mass is 444 g/mol. The van der Waals surface area contributed by atoms with Crippen LogP contribution in [0.4, 0.5) is 10.8 Å². The van der Waals surface area contributed by atoms with Crippen molar-refractivity contribution in [2.75, 3.05) is 22.4 Å². The Bertz CT molecular complexity index is 1210. The van der Waals surface area contributed by atoms with Gasteiger partial charge in [-0.15, -0.1) is 10.2 Å². The largest absolute Gasteiger partial charge is 0.476 e. The van der Waals surface area contributed by atoms with E-state index in [0.29, 0.717) is 21.6 Å². The number of nitrogens with zero attached hydrogens (tertiary/aromatic N) is 3. The van der Waals surface area contributed by atoms with Gasteiger partial charge in [-0.2, -0.15) is 0 Å². The number of hydrogen-bond acceptors (Lipinski definition) is 7. The summed E-state index contributed by atoms with van der Waals surface area (Å²) in [6, 6.07) is 13.0. The highest BCUT2D eigenvalue weighted by Crippen LogP contribution is 2.36. The van der Waals surface area contributed by atoms with Crippen LogP contribution in [-0.2, 0) is 14.8 Å². The minimum absolute atomic E-state index is 0.120. The maximum absolute atomic E-state index is 12.8. The second kappa shape index (κ2) is 7.69. The second-order valence-corrected chi connectivity index (χ2v) is 10.0. The van der Waals surface area contributed by atoms with E-state index < -0.39 is 22.0 Å². The summed E-state index contributed by atoms with van der Waals surface area (Å²) in [6.07, 6.45) is 0.0968. The Hall–Kier alpha value is -2.98. The number of fused-ring (bicyclic) bond motifs is 1. The first kappa shape index (κ1) is 20.3. The van der Waals surface area contributed by atoms with Gasteiger partial charge in [-0.25, -0.2) is 8.42 Å². The van der Waals surface area contributed by atoms with E-state index in [0.717, 1.165) is 22.9 Å². The number of anilines is 2. The van der Waals surface area contributed by atoms with Gasteiger partial charge in [0.25, 0.3) is 5.91 Å². The Morgan fingerprint density at radius 1 is 1.13 bits per heavy atom. The van der Waals surface area contributed by atoms with Crippen LogP contribution in [0.25, 0.3) is 10.6 Å². The molecule has 0 saturated carbocycles. The van der Waals surface area contributed by atoms with E-state index >= 15 is 0 Å². The Balaban J connectivity index is 1.54. The highest BCUT2D eigenvalue weighted by molar-refractivity contribution is 7.92. The van der Waals surface area contributed by atoms with Gasteiger partial charge in [-0.3, -0.25) is 14.4 Å². The molecule has 156 valence electrons. The van der Waals surface area contributed by atoms with Gasteiger partial charge >= 0.3 is 0 Å². The van der Waals surface area contributed by atoms with Crippen molar-refractivity contribution in [1.82, 2.24) is 10.2 Å². The first-order chi connectivity index (χ1) is 14.2. The van der Waals surface area contributed by atoms with Crippen LogP contribution in [-0.4, -0.2) is 43.4 Å². The lowest BCUT2D eigenvalue weighted by Gasteiger charge is -2.34. The standard InChI is InChI=1S/C20H20N4O4S2/c1-12-4-7-14(8-5-12)19-22-23-20(29-19)21-18(25)17-11-24(30(3,26)27)15-10-13(2)6-9-16(15)28-17/h4-10,17H,11H2,1-3H3,(H,21,23,25). The highest BCUT2D eigenvalue weighted by atomic mass is 32.2. The van der Waals surface area contributed by atoms with Crippen molar-refractivity contribution in [3.63, 3.8) is 0 Å². The van der Waals surface area contributed by atoms with Crippen molar-refractivity contribution in [3.05, 3.63) is 53.6 Å². The minimum Gasteiger partial charge on any atom is -0.476 e. The van der Waals surface area contributed by atoms with Gasteiger partial charge in [0.15, 0.2) is 6.10 Å². The molecule has 8 nitrogen and oxygen atoms in total. The van der Waals surface area contributed by atoms with Crippen molar-refractivity contribution in [2.24, 2.45) is 0 Å². The topological polar surface area (TPSA) is 101 Å². The number of carbonyl (C=O) groups is 1. The van der Waals surface area contributed by atoms with Gasteiger partial charge in [-0.1, -0.05) is 47.2 Å². The Morgan fingerprint density at radius 3 is 2.53 bits per heavy atom. The summed E-state index contributed by atoms with van der Waals surface area (Å²) in [5.41, 5.74) is 3.36. The number of ether oxygens (including phenoxy) is 1. The molecule has 1 aliphatic heterocycles. The SMILES string of the molecule is Cc1ccc(-c2nnc(NC(=O)C3CN(S(C)(=O)=O)c4cc(C)ccc4O3)s2)cc1. The van der Waals surface area contributed by atoms with E-state index in [1.54, 1.807) is 18.2 Å². The van der Waals surface area contributed by atoms with Gasteiger partial charge < -0.3 is 4.74 Å². The van der Waals surface area contributed by atoms with E-state index in [9.17, 15) is 13.2 Å². The number of benzene rings is 2. The summed E-state index contributed by atoms with van der Waals surface area (Å²) in [7, 11) is -3.58. The van der Waals surface area contributed by atoms with Crippen molar-refractivity contribution in [1.29, 1.82) is 0 Å². The third-order valence-corrected chi connectivity index (χ3v) is 6.66. The lowest BCUT2D eigenvalue weighted by atomic mass is 10.1. The molecule has 0 fully saturated rings. The van der Waals surface area contributed by atoms with Crippen LogP contribution in [0, 0.1) is 13.8 Å². The Labute approximate surface area is 178 Å². The maximum atomic E-state index is 12.8. The molecule has 1 aromatic heterocycles. The summed E-state index contributed by atoms with van der Waals surface area (Å²) in [5.74, 6) is -0.142. The van der Waals surface area contributed by atoms with Crippen LogP contribution in [0.2, 0.25) is 0 Å². The van der Waals surface area contributed by atoms with E-state index in [2.05, 4.69) is 15.5 Å². The highest BCUT2D eigenvalue weighted by Gasteiger charge is 2.35. The number of aromatic nitrogens is 2. The zero-order valence-electron chi connectivity index (χ0n) is 16.6. The zero-order chi connectivity index (χ0) is 21.5. The minimum atomic E-state index is -3.58. The van der Waals surface area contributed by atoms with Crippen LogP contribution in [0.3, 0.4) is 0 Å².